The topological polar surface area (TPSA) is 29.3 Å². The molecular weight excluding hydrogens is 240 g/mol. The molecule has 1 aromatic carbocycles. The Morgan fingerprint density at radius 1 is 1.36 bits per heavy atom. The number of benzene rings is 1. The number of hydrogen-bond donors (Lipinski definition) is 1. The third-order valence-corrected chi connectivity index (χ3v) is 3.22. The van der Waals surface area contributed by atoms with Crippen molar-refractivity contribution >= 4 is 27.3 Å². The van der Waals surface area contributed by atoms with Gasteiger partial charge in [0.2, 0.25) is 0 Å². The Morgan fingerprint density at radius 3 is 2.57 bits per heavy atom. The van der Waals surface area contributed by atoms with E-state index in [4.69, 9.17) is 5.73 Å². The van der Waals surface area contributed by atoms with Gasteiger partial charge in [0.25, 0.3) is 0 Å². The Hall–Kier alpha value is -0.700. The molecule has 2 nitrogen and oxygen atoms in total. The summed E-state index contributed by atoms with van der Waals surface area (Å²) in [5, 5.41) is 0. The van der Waals surface area contributed by atoms with Gasteiger partial charge in [0.1, 0.15) is 0 Å². The van der Waals surface area contributed by atoms with E-state index in [0.717, 1.165) is 23.2 Å². The van der Waals surface area contributed by atoms with Crippen LogP contribution in [0.15, 0.2) is 22.7 Å². The molecule has 0 spiro atoms. The molecule has 2 rings (SSSR count). The molecule has 1 heterocycles. The maximum absolute atomic E-state index is 5.76. The van der Waals surface area contributed by atoms with Crippen molar-refractivity contribution in [3.05, 3.63) is 22.7 Å². The van der Waals surface area contributed by atoms with Gasteiger partial charge in [-0.2, -0.15) is 0 Å². The van der Waals surface area contributed by atoms with Crippen LogP contribution in [0, 0.1) is 5.41 Å². The smallest absolute Gasteiger partial charge is 0.0531 e. The van der Waals surface area contributed by atoms with E-state index in [1.165, 1.54) is 5.69 Å². The number of nitrogen functional groups attached to an aromatic ring is 1. The van der Waals surface area contributed by atoms with Crippen molar-refractivity contribution in [1.82, 2.24) is 0 Å². The highest BCUT2D eigenvalue weighted by atomic mass is 79.9. The van der Waals surface area contributed by atoms with Gasteiger partial charge in [-0.3, -0.25) is 0 Å². The number of nitrogens with two attached hydrogens (primary N) is 1. The second-order valence-corrected chi connectivity index (χ2v) is 5.59. The molecule has 1 aliphatic heterocycles. The molecule has 0 atom stereocenters. The second-order valence-electron chi connectivity index (χ2n) is 4.73. The van der Waals surface area contributed by atoms with E-state index < -0.39 is 0 Å². The van der Waals surface area contributed by atoms with Gasteiger partial charge < -0.3 is 10.6 Å². The lowest BCUT2D eigenvalue weighted by Crippen LogP contribution is -2.53. The normalized spacial score (nSPS) is 19.2. The Morgan fingerprint density at radius 2 is 2.00 bits per heavy atom. The van der Waals surface area contributed by atoms with Crippen LogP contribution in [0.4, 0.5) is 11.4 Å². The molecule has 1 aromatic rings. The molecule has 0 unspecified atom stereocenters. The molecule has 3 heteroatoms. The molecule has 0 saturated carbocycles. The average molecular weight is 255 g/mol. The summed E-state index contributed by atoms with van der Waals surface area (Å²) in [6, 6.07) is 5.95. The van der Waals surface area contributed by atoms with Gasteiger partial charge >= 0.3 is 0 Å². The van der Waals surface area contributed by atoms with Gasteiger partial charge in [0, 0.05) is 23.2 Å². The number of rotatable bonds is 1. The van der Waals surface area contributed by atoms with Crippen LogP contribution >= 0.6 is 15.9 Å². The number of hydrogen-bond acceptors (Lipinski definition) is 2. The minimum absolute atomic E-state index is 0.448. The van der Waals surface area contributed by atoms with Gasteiger partial charge in [0.15, 0.2) is 0 Å². The predicted octanol–water partition coefficient (Wildman–Crippen LogP) is 2.88. The van der Waals surface area contributed by atoms with Gasteiger partial charge in [-0.1, -0.05) is 13.8 Å². The molecule has 1 fully saturated rings. The fourth-order valence-electron chi connectivity index (χ4n) is 1.93. The molecule has 1 saturated heterocycles. The SMILES string of the molecule is CC1(C)CN(c2cc(N)ccc2Br)C1. The Bertz CT molecular complexity index is 352. The van der Waals surface area contributed by atoms with Crippen LogP contribution in [0.2, 0.25) is 0 Å². The van der Waals surface area contributed by atoms with Crippen molar-refractivity contribution < 1.29 is 0 Å². The first-order valence-corrected chi connectivity index (χ1v) is 5.57. The fraction of sp³-hybridized carbons (Fsp3) is 0.455. The zero-order valence-electron chi connectivity index (χ0n) is 8.55. The van der Waals surface area contributed by atoms with E-state index in [2.05, 4.69) is 34.7 Å². The predicted molar refractivity (Wildman–Crippen MR) is 64.5 cm³/mol. The zero-order valence-corrected chi connectivity index (χ0v) is 10.1. The van der Waals surface area contributed by atoms with Gasteiger partial charge in [-0.25, -0.2) is 0 Å². The highest BCUT2D eigenvalue weighted by Gasteiger charge is 2.34. The summed E-state index contributed by atoms with van der Waals surface area (Å²) in [4.78, 5) is 2.35. The van der Waals surface area contributed by atoms with Crippen LogP contribution in [0.25, 0.3) is 0 Å². The molecule has 14 heavy (non-hydrogen) atoms. The summed E-state index contributed by atoms with van der Waals surface area (Å²) >= 11 is 3.55. The van der Waals surface area contributed by atoms with E-state index >= 15 is 0 Å². The highest BCUT2D eigenvalue weighted by Crippen LogP contribution is 2.38. The molecule has 0 aliphatic carbocycles. The lowest BCUT2D eigenvalue weighted by atomic mass is 9.84. The summed E-state index contributed by atoms with van der Waals surface area (Å²) < 4.78 is 1.13. The lowest BCUT2D eigenvalue weighted by molar-refractivity contribution is 0.276. The first kappa shape index (κ1) is 9.84. The molecule has 76 valence electrons. The van der Waals surface area contributed by atoms with Crippen molar-refractivity contribution in [3.8, 4) is 0 Å². The summed E-state index contributed by atoms with van der Waals surface area (Å²) in [5.41, 5.74) is 8.25. The largest absolute Gasteiger partial charge is 0.399 e. The molecule has 0 bridgehead atoms. The van der Waals surface area contributed by atoms with Crippen molar-refractivity contribution in [1.29, 1.82) is 0 Å². The first-order chi connectivity index (χ1) is 6.48. The summed E-state index contributed by atoms with van der Waals surface area (Å²) in [6.45, 7) is 6.78. The van der Waals surface area contributed by atoms with Crippen molar-refractivity contribution in [3.63, 3.8) is 0 Å². The quantitative estimate of drug-likeness (QED) is 0.782. The van der Waals surface area contributed by atoms with Gasteiger partial charge in [0.05, 0.1) is 5.69 Å². The van der Waals surface area contributed by atoms with Crippen LogP contribution in [0.3, 0.4) is 0 Å². The molecule has 1 aliphatic rings. The van der Waals surface area contributed by atoms with Crippen LogP contribution in [-0.2, 0) is 0 Å². The molecule has 0 radical (unpaired) electrons. The molecule has 0 amide bonds. The molecule has 0 aromatic heterocycles. The summed E-state index contributed by atoms with van der Waals surface area (Å²) in [6.07, 6.45) is 0. The highest BCUT2D eigenvalue weighted by molar-refractivity contribution is 9.10. The van der Waals surface area contributed by atoms with E-state index in [1.807, 2.05) is 18.2 Å². The fourth-order valence-corrected chi connectivity index (χ4v) is 2.43. The van der Waals surface area contributed by atoms with Crippen molar-refractivity contribution in [2.45, 2.75) is 13.8 Å². The second kappa shape index (κ2) is 3.16. The van der Waals surface area contributed by atoms with E-state index in [0.29, 0.717) is 5.41 Å². The van der Waals surface area contributed by atoms with Gasteiger partial charge in [-0.05, 0) is 39.5 Å². The summed E-state index contributed by atoms with van der Waals surface area (Å²) in [5.74, 6) is 0. The van der Waals surface area contributed by atoms with E-state index in [-0.39, 0.29) is 0 Å². The number of nitrogens with zero attached hydrogens (tertiary/aromatic N) is 1. The number of halogens is 1. The molecule has 2 N–H and O–H groups in total. The maximum Gasteiger partial charge on any atom is 0.0531 e. The van der Waals surface area contributed by atoms with Gasteiger partial charge in [-0.15, -0.1) is 0 Å². The average Bonchev–Trinajstić information content (AvgIpc) is 2.05. The van der Waals surface area contributed by atoms with Crippen LogP contribution in [0.1, 0.15) is 13.8 Å². The third kappa shape index (κ3) is 1.73. The van der Waals surface area contributed by atoms with E-state index in [1.54, 1.807) is 0 Å². The minimum atomic E-state index is 0.448. The monoisotopic (exact) mass is 254 g/mol. The van der Waals surface area contributed by atoms with Crippen molar-refractivity contribution in [2.24, 2.45) is 5.41 Å². The standard InChI is InChI=1S/C11H15BrN2/c1-11(2)6-14(7-11)10-5-8(13)3-4-9(10)12/h3-5H,6-7,13H2,1-2H3. The van der Waals surface area contributed by atoms with Crippen molar-refractivity contribution in [2.75, 3.05) is 23.7 Å². The third-order valence-electron chi connectivity index (χ3n) is 2.55. The zero-order chi connectivity index (χ0) is 10.3. The maximum atomic E-state index is 5.76. The Balaban J connectivity index is 2.22. The van der Waals surface area contributed by atoms with Crippen LogP contribution < -0.4 is 10.6 Å². The van der Waals surface area contributed by atoms with E-state index in [9.17, 15) is 0 Å². The Kier molecular flexibility index (Phi) is 2.22. The minimum Gasteiger partial charge on any atom is -0.399 e. The first-order valence-electron chi connectivity index (χ1n) is 4.78. The van der Waals surface area contributed by atoms with Crippen LogP contribution in [0.5, 0.6) is 0 Å². The lowest BCUT2D eigenvalue weighted by Gasteiger charge is -2.47. The molecular formula is C11H15BrN2. The Labute approximate surface area is 93.2 Å². The summed E-state index contributed by atoms with van der Waals surface area (Å²) in [7, 11) is 0. The number of anilines is 2. The van der Waals surface area contributed by atoms with Crippen LogP contribution in [-0.4, -0.2) is 13.1 Å².